The Balaban J connectivity index is 1.50. The number of hydrogen-bond acceptors (Lipinski definition) is 9. The number of fused-ring (bicyclic) bond motifs is 1. The molecule has 10 heteroatoms. The minimum absolute atomic E-state index is 0.192. The van der Waals surface area contributed by atoms with E-state index in [9.17, 15) is 4.79 Å². The van der Waals surface area contributed by atoms with Gasteiger partial charge < -0.3 is 18.6 Å². The van der Waals surface area contributed by atoms with E-state index in [4.69, 9.17) is 30.8 Å². The van der Waals surface area contributed by atoms with Crippen molar-refractivity contribution in [1.29, 1.82) is 0 Å². The highest BCUT2D eigenvalue weighted by Gasteiger charge is 2.27. The number of aromatic nitrogens is 2. The average Bonchev–Trinajstić information content (AvgIpc) is 3.27. The van der Waals surface area contributed by atoms with E-state index in [1.165, 1.54) is 7.11 Å². The number of carbonyl (C=O) groups excluding carboxylic acids is 1. The fourth-order valence-corrected chi connectivity index (χ4v) is 4.21. The lowest BCUT2D eigenvalue weighted by Gasteiger charge is -2.30. The van der Waals surface area contributed by atoms with Crippen LogP contribution in [0.15, 0.2) is 22.6 Å². The van der Waals surface area contributed by atoms with Crippen LogP contribution in [0.5, 0.6) is 11.5 Å². The largest absolute Gasteiger partial charge is 0.468 e. The zero-order valence-corrected chi connectivity index (χ0v) is 15.7. The first-order valence-electron chi connectivity index (χ1n) is 8.04. The second kappa shape index (κ2) is 7.29. The Kier molecular flexibility index (Phi) is 4.88. The number of hydrogen-bond donors (Lipinski definition) is 0. The summed E-state index contributed by atoms with van der Waals surface area (Å²) in [4.78, 5) is 14.2. The summed E-state index contributed by atoms with van der Waals surface area (Å²) in [5, 5.41) is 4.28. The van der Waals surface area contributed by atoms with Gasteiger partial charge in [-0.2, -0.15) is 0 Å². The Labute approximate surface area is 159 Å². The van der Waals surface area contributed by atoms with Gasteiger partial charge in [0.1, 0.15) is 5.25 Å². The molecule has 0 N–H and O–H groups in total. The molecule has 26 heavy (non-hydrogen) atoms. The number of ether oxygens (including phenoxy) is 3. The maximum absolute atomic E-state index is 11.8. The topological polar surface area (TPSA) is 79.0 Å². The van der Waals surface area contributed by atoms with Crippen LogP contribution in [0.3, 0.4) is 0 Å². The number of benzene rings is 1. The second-order valence-corrected chi connectivity index (χ2v) is 7.50. The van der Waals surface area contributed by atoms with Crippen molar-refractivity contribution in [1.82, 2.24) is 14.7 Å². The molecule has 4 rings (SSSR count). The van der Waals surface area contributed by atoms with E-state index < -0.39 is 0 Å². The Morgan fingerprint density at radius 1 is 1.42 bits per heavy atom. The highest BCUT2D eigenvalue weighted by molar-refractivity contribution is 8.00. The maximum atomic E-state index is 11.8. The molecule has 0 amide bonds. The number of thioether (sulfide) groups is 1. The van der Waals surface area contributed by atoms with Gasteiger partial charge in [-0.1, -0.05) is 0 Å². The highest BCUT2D eigenvalue weighted by Crippen LogP contribution is 2.35. The molecule has 2 aromatic rings. The van der Waals surface area contributed by atoms with Crippen molar-refractivity contribution in [3.63, 3.8) is 0 Å². The third kappa shape index (κ3) is 3.44. The Hall–Kier alpha value is -2.04. The van der Waals surface area contributed by atoms with Gasteiger partial charge in [0.25, 0.3) is 4.84 Å². The van der Waals surface area contributed by atoms with Crippen LogP contribution in [0.1, 0.15) is 0 Å². The lowest BCUT2D eigenvalue weighted by Crippen LogP contribution is -2.42. The standard InChI is InChI=1S/C16H17N3O5S2/c1-21-15(20)13-7-18(4-5-26-13)8-19-16(25)24-14(17-19)10-2-3-11-12(6-10)23-9-22-11/h2-3,6,13H,4-5,7-9H2,1H3/t13-/m1/s1. The first kappa shape index (κ1) is 17.4. The molecular formula is C16H17N3O5S2. The lowest BCUT2D eigenvalue weighted by molar-refractivity contribution is -0.140. The van der Waals surface area contributed by atoms with Crippen molar-refractivity contribution in [2.24, 2.45) is 0 Å². The molecular weight excluding hydrogens is 378 g/mol. The Morgan fingerprint density at radius 3 is 3.12 bits per heavy atom. The quantitative estimate of drug-likeness (QED) is 0.571. The zero-order chi connectivity index (χ0) is 18.1. The minimum Gasteiger partial charge on any atom is -0.468 e. The van der Waals surface area contributed by atoms with Crippen molar-refractivity contribution in [2.75, 3.05) is 32.7 Å². The van der Waals surface area contributed by atoms with Crippen LogP contribution in [0, 0.1) is 4.84 Å². The summed E-state index contributed by atoms with van der Waals surface area (Å²) in [6.45, 7) is 2.10. The Bertz CT molecular complexity index is 881. The number of nitrogens with zero attached hydrogens (tertiary/aromatic N) is 3. The molecule has 0 bridgehead atoms. The van der Waals surface area contributed by atoms with Crippen molar-refractivity contribution >= 4 is 29.9 Å². The molecule has 0 saturated carbocycles. The third-order valence-corrected chi connectivity index (χ3v) is 5.63. The first-order valence-corrected chi connectivity index (χ1v) is 9.49. The molecule has 1 atom stereocenters. The summed E-state index contributed by atoms with van der Waals surface area (Å²) in [6.07, 6.45) is 0. The van der Waals surface area contributed by atoms with Crippen LogP contribution in [-0.2, 0) is 16.2 Å². The molecule has 2 aliphatic heterocycles. The van der Waals surface area contributed by atoms with Gasteiger partial charge >= 0.3 is 5.97 Å². The monoisotopic (exact) mass is 395 g/mol. The van der Waals surface area contributed by atoms with E-state index in [1.807, 2.05) is 18.2 Å². The number of rotatable bonds is 4. The fourth-order valence-electron chi connectivity index (χ4n) is 2.84. The molecule has 1 saturated heterocycles. The summed E-state index contributed by atoms with van der Waals surface area (Å²) in [7, 11) is 1.41. The molecule has 3 heterocycles. The van der Waals surface area contributed by atoms with E-state index in [0.717, 1.165) is 17.9 Å². The van der Waals surface area contributed by atoms with Crippen LogP contribution < -0.4 is 9.47 Å². The molecule has 2 aliphatic rings. The average molecular weight is 395 g/mol. The van der Waals surface area contributed by atoms with Gasteiger partial charge in [-0.15, -0.1) is 16.9 Å². The van der Waals surface area contributed by atoms with Crippen LogP contribution in [-0.4, -0.2) is 58.6 Å². The maximum Gasteiger partial charge on any atom is 0.320 e. The van der Waals surface area contributed by atoms with Crippen LogP contribution in [0.2, 0.25) is 0 Å². The smallest absolute Gasteiger partial charge is 0.320 e. The van der Waals surface area contributed by atoms with Crippen LogP contribution in [0.25, 0.3) is 11.5 Å². The van der Waals surface area contributed by atoms with Gasteiger partial charge in [-0.05, 0) is 30.4 Å². The number of esters is 1. The second-order valence-electron chi connectivity index (χ2n) is 5.84. The molecule has 8 nitrogen and oxygen atoms in total. The number of methoxy groups -OCH3 is 1. The molecule has 1 aromatic heterocycles. The summed E-state index contributed by atoms with van der Waals surface area (Å²) in [6, 6.07) is 5.49. The number of carbonyl (C=O) groups is 1. The summed E-state index contributed by atoms with van der Waals surface area (Å²) < 4.78 is 22.8. The lowest BCUT2D eigenvalue weighted by atomic mass is 10.2. The van der Waals surface area contributed by atoms with Crippen molar-refractivity contribution in [3.8, 4) is 23.0 Å². The van der Waals surface area contributed by atoms with Crippen molar-refractivity contribution in [2.45, 2.75) is 11.9 Å². The highest BCUT2D eigenvalue weighted by atomic mass is 32.2. The normalized spacial score (nSPS) is 19.5. The predicted molar refractivity (Wildman–Crippen MR) is 96.7 cm³/mol. The predicted octanol–water partition coefficient (Wildman–Crippen LogP) is 2.15. The van der Waals surface area contributed by atoms with Gasteiger partial charge in [0.05, 0.1) is 13.8 Å². The molecule has 0 aliphatic carbocycles. The van der Waals surface area contributed by atoms with E-state index in [1.54, 1.807) is 16.4 Å². The van der Waals surface area contributed by atoms with E-state index in [-0.39, 0.29) is 22.8 Å². The first-order chi connectivity index (χ1) is 12.6. The molecule has 0 unspecified atom stereocenters. The molecule has 1 aromatic carbocycles. The van der Waals surface area contributed by atoms with Crippen LogP contribution >= 0.6 is 24.0 Å². The van der Waals surface area contributed by atoms with E-state index >= 15 is 0 Å². The van der Waals surface area contributed by atoms with Crippen LogP contribution in [0.4, 0.5) is 0 Å². The summed E-state index contributed by atoms with van der Waals surface area (Å²) >= 11 is 6.91. The summed E-state index contributed by atoms with van der Waals surface area (Å²) in [5.41, 5.74) is 0.765. The van der Waals surface area contributed by atoms with E-state index in [0.29, 0.717) is 30.6 Å². The third-order valence-electron chi connectivity index (χ3n) is 4.17. The fraction of sp³-hybridized carbons (Fsp3) is 0.438. The molecule has 0 radical (unpaired) electrons. The minimum atomic E-state index is -0.204. The van der Waals surface area contributed by atoms with Gasteiger partial charge in [-0.3, -0.25) is 9.69 Å². The Morgan fingerprint density at radius 2 is 2.27 bits per heavy atom. The van der Waals surface area contributed by atoms with Gasteiger partial charge in [0, 0.05) is 24.4 Å². The molecule has 1 fully saturated rings. The molecule has 0 spiro atoms. The van der Waals surface area contributed by atoms with E-state index in [2.05, 4.69) is 10.00 Å². The van der Waals surface area contributed by atoms with Gasteiger partial charge in [0.2, 0.25) is 12.7 Å². The van der Waals surface area contributed by atoms with Crippen molar-refractivity contribution in [3.05, 3.63) is 23.0 Å². The zero-order valence-electron chi connectivity index (χ0n) is 14.0. The summed E-state index contributed by atoms with van der Waals surface area (Å²) in [5.74, 6) is 2.42. The SMILES string of the molecule is COC(=O)[C@H]1CN(Cn2nc(-c3ccc4c(c3)OCO4)oc2=S)CCS1. The van der Waals surface area contributed by atoms with Gasteiger partial charge in [-0.25, -0.2) is 4.68 Å². The van der Waals surface area contributed by atoms with Crippen molar-refractivity contribution < 1.29 is 23.4 Å². The van der Waals surface area contributed by atoms with Gasteiger partial charge in [0.15, 0.2) is 11.5 Å². The molecule has 138 valence electrons.